The molecule has 0 radical (unpaired) electrons. The number of esters is 1. The van der Waals surface area contributed by atoms with Gasteiger partial charge in [-0.1, -0.05) is 25.6 Å². The van der Waals surface area contributed by atoms with Crippen LogP contribution in [-0.2, 0) is 9.53 Å². The Kier molecular flexibility index (Phi) is 7.16. The fourth-order valence-electron chi connectivity index (χ4n) is 1.82. The normalized spacial score (nSPS) is 18.9. The highest BCUT2D eigenvalue weighted by molar-refractivity contribution is 8.14. The lowest BCUT2D eigenvalue weighted by Gasteiger charge is -2.11. The summed E-state index contributed by atoms with van der Waals surface area (Å²) in [6, 6.07) is 0. The number of thioether (sulfide) groups is 1. The lowest BCUT2D eigenvalue weighted by atomic mass is 10.1. The number of amidine groups is 1. The van der Waals surface area contributed by atoms with Gasteiger partial charge in [-0.25, -0.2) is 0 Å². The first-order valence-corrected chi connectivity index (χ1v) is 7.60. The fourth-order valence-corrected chi connectivity index (χ4v) is 3.10. The number of nitrogens with zero attached hydrogens (tertiary/aromatic N) is 1. The van der Waals surface area contributed by atoms with Crippen LogP contribution in [0.1, 0.15) is 40.0 Å². The molecule has 104 valence electrons. The maximum absolute atomic E-state index is 11.1. The fraction of sp³-hybridized carbons (Fsp3) is 0.846. The van der Waals surface area contributed by atoms with Crippen molar-refractivity contribution in [3.05, 3.63) is 0 Å². The monoisotopic (exact) mass is 272 g/mol. The van der Waals surface area contributed by atoms with Gasteiger partial charge in [0.2, 0.25) is 0 Å². The Labute approximate surface area is 114 Å². The van der Waals surface area contributed by atoms with E-state index < -0.39 is 0 Å². The summed E-state index contributed by atoms with van der Waals surface area (Å²) < 4.78 is 4.87. The largest absolute Gasteiger partial charge is 0.466 e. The molecule has 1 rings (SSSR count). The first-order valence-electron chi connectivity index (χ1n) is 6.72. The van der Waals surface area contributed by atoms with Crippen LogP contribution in [0.25, 0.3) is 0 Å². The van der Waals surface area contributed by atoms with Gasteiger partial charge in [-0.2, -0.15) is 0 Å². The SMILES string of the molecule is CCOC(=O)CCCNC1=NCC(CC(C)C)S1. The lowest BCUT2D eigenvalue weighted by Crippen LogP contribution is -2.21. The van der Waals surface area contributed by atoms with Crippen molar-refractivity contribution < 1.29 is 9.53 Å². The molecule has 1 aliphatic heterocycles. The topological polar surface area (TPSA) is 50.7 Å². The zero-order chi connectivity index (χ0) is 13.4. The molecular weight excluding hydrogens is 248 g/mol. The van der Waals surface area contributed by atoms with Crippen molar-refractivity contribution in [3.8, 4) is 0 Å². The maximum Gasteiger partial charge on any atom is 0.305 e. The van der Waals surface area contributed by atoms with E-state index >= 15 is 0 Å². The van der Waals surface area contributed by atoms with E-state index in [1.54, 1.807) is 0 Å². The molecule has 1 N–H and O–H groups in total. The van der Waals surface area contributed by atoms with Crippen molar-refractivity contribution in [2.24, 2.45) is 10.9 Å². The van der Waals surface area contributed by atoms with Gasteiger partial charge >= 0.3 is 5.97 Å². The molecule has 0 bridgehead atoms. The zero-order valence-corrected chi connectivity index (χ0v) is 12.4. The van der Waals surface area contributed by atoms with Gasteiger partial charge in [0.25, 0.3) is 0 Å². The molecule has 5 heteroatoms. The van der Waals surface area contributed by atoms with E-state index in [0.717, 1.165) is 30.6 Å². The number of rotatable bonds is 7. The quantitative estimate of drug-likeness (QED) is 0.571. The molecule has 0 saturated heterocycles. The number of carbonyl (C=O) groups is 1. The standard InChI is InChI=1S/C13H24N2O2S/c1-4-17-12(16)6-5-7-14-13-15-9-11(18-13)8-10(2)3/h10-11H,4-9H2,1-3H3,(H,14,15). The average molecular weight is 272 g/mol. The smallest absolute Gasteiger partial charge is 0.305 e. The van der Waals surface area contributed by atoms with Crippen molar-refractivity contribution in [2.75, 3.05) is 19.7 Å². The third-order valence-corrected chi connectivity index (χ3v) is 3.76. The molecule has 0 aromatic heterocycles. The number of hydrogen-bond acceptors (Lipinski definition) is 5. The molecule has 0 aromatic rings. The highest BCUT2D eigenvalue weighted by Gasteiger charge is 2.20. The summed E-state index contributed by atoms with van der Waals surface area (Å²) in [6.45, 7) is 8.49. The van der Waals surface area contributed by atoms with Crippen molar-refractivity contribution >= 4 is 22.9 Å². The summed E-state index contributed by atoms with van der Waals surface area (Å²) in [7, 11) is 0. The molecule has 0 aromatic carbocycles. The molecule has 0 aliphatic carbocycles. The molecule has 1 heterocycles. The van der Waals surface area contributed by atoms with E-state index in [2.05, 4.69) is 24.2 Å². The van der Waals surface area contributed by atoms with Crippen LogP contribution in [0.2, 0.25) is 0 Å². The van der Waals surface area contributed by atoms with E-state index in [1.165, 1.54) is 6.42 Å². The van der Waals surface area contributed by atoms with Gasteiger partial charge in [-0.15, -0.1) is 0 Å². The van der Waals surface area contributed by atoms with Crippen molar-refractivity contribution in [1.29, 1.82) is 0 Å². The number of ether oxygens (including phenoxy) is 1. The van der Waals surface area contributed by atoms with Crippen LogP contribution in [0.15, 0.2) is 4.99 Å². The van der Waals surface area contributed by atoms with E-state index in [-0.39, 0.29) is 5.97 Å². The molecule has 0 fully saturated rings. The maximum atomic E-state index is 11.1. The van der Waals surface area contributed by atoms with Gasteiger partial charge in [-0.3, -0.25) is 9.79 Å². The summed E-state index contributed by atoms with van der Waals surface area (Å²) in [5, 5.41) is 4.94. The van der Waals surface area contributed by atoms with Crippen LogP contribution in [0.4, 0.5) is 0 Å². The molecule has 4 nitrogen and oxygen atoms in total. The molecule has 1 unspecified atom stereocenters. The second kappa shape index (κ2) is 8.40. The van der Waals surface area contributed by atoms with E-state index in [9.17, 15) is 4.79 Å². The Morgan fingerprint density at radius 1 is 1.61 bits per heavy atom. The predicted molar refractivity (Wildman–Crippen MR) is 77.0 cm³/mol. The van der Waals surface area contributed by atoms with Gasteiger partial charge in [0.15, 0.2) is 5.17 Å². The number of carbonyl (C=O) groups excluding carboxylic acids is 1. The number of aliphatic imine (C=N–C) groups is 1. The highest BCUT2D eigenvalue weighted by Crippen LogP contribution is 2.25. The minimum absolute atomic E-state index is 0.113. The Hall–Kier alpha value is -0.710. The summed E-state index contributed by atoms with van der Waals surface area (Å²) in [5.41, 5.74) is 0. The van der Waals surface area contributed by atoms with Crippen molar-refractivity contribution in [2.45, 2.75) is 45.3 Å². The summed E-state index contributed by atoms with van der Waals surface area (Å²) >= 11 is 1.83. The second-order valence-electron chi connectivity index (χ2n) is 4.85. The molecule has 0 amide bonds. The van der Waals surface area contributed by atoms with Crippen LogP contribution < -0.4 is 5.32 Å². The minimum atomic E-state index is -0.113. The highest BCUT2D eigenvalue weighted by atomic mass is 32.2. The first-order chi connectivity index (χ1) is 8.61. The molecule has 0 spiro atoms. The predicted octanol–water partition coefficient (Wildman–Crippen LogP) is 2.44. The van der Waals surface area contributed by atoms with Gasteiger partial charge < -0.3 is 10.1 Å². The summed E-state index contributed by atoms with van der Waals surface area (Å²) in [5.74, 6) is 0.610. The van der Waals surface area contributed by atoms with Gasteiger partial charge in [-0.05, 0) is 25.7 Å². The van der Waals surface area contributed by atoms with Crippen LogP contribution in [0, 0.1) is 5.92 Å². The van der Waals surface area contributed by atoms with Gasteiger partial charge in [0, 0.05) is 18.2 Å². The molecule has 18 heavy (non-hydrogen) atoms. The average Bonchev–Trinajstić information content (AvgIpc) is 2.71. The van der Waals surface area contributed by atoms with Crippen molar-refractivity contribution in [1.82, 2.24) is 5.32 Å². The second-order valence-corrected chi connectivity index (χ2v) is 6.14. The molecule has 1 atom stereocenters. The van der Waals surface area contributed by atoms with Crippen LogP contribution >= 0.6 is 11.8 Å². The lowest BCUT2D eigenvalue weighted by molar-refractivity contribution is -0.143. The third-order valence-electron chi connectivity index (χ3n) is 2.59. The Morgan fingerprint density at radius 2 is 2.39 bits per heavy atom. The van der Waals surface area contributed by atoms with Crippen molar-refractivity contribution in [3.63, 3.8) is 0 Å². The van der Waals surface area contributed by atoms with Crippen LogP contribution in [0.5, 0.6) is 0 Å². The molecular formula is C13H24N2O2S. The summed E-state index contributed by atoms with van der Waals surface area (Å²) in [6.07, 6.45) is 2.49. The number of hydrogen-bond donors (Lipinski definition) is 1. The van der Waals surface area contributed by atoms with E-state index in [4.69, 9.17) is 4.74 Å². The Morgan fingerprint density at radius 3 is 3.06 bits per heavy atom. The zero-order valence-electron chi connectivity index (χ0n) is 11.6. The van der Waals surface area contributed by atoms with Gasteiger partial charge in [0.05, 0.1) is 13.2 Å². The van der Waals surface area contributed by atoms with Crippen LogP contribution in [-0.4, -0.2) is 36.1 Å². The third kappa shape index (κ3) is 6.28. The minimum Gasteiger partial charge on any atom is -0.466 e. The summed E-state index contributed by atoms with van der Waals surface area (Å²) in [4.78, 5) is 15.6. The first kappa shape index (κ1) is 15.3. The Balaban J connectivity index is 2.05. The van der Waals surface area contributed by atoms with E-state index in [1.807, 2.05) is 18.7 Å². The molecule has 0 saturated carbocycles. The molecule has 1 aliphatic rings. The van der Waals surface area contributed by atoms with E-state index in [0.29, 0.717) is 18.3 Å². The number of nitrogens with one attached hydrogen (secondary N) is 1. The van der Waals surface area contributed by atoms with Gasteiger partial charge in [0.1, 0.15) is 0 Å². The van der Waals surface area contributed by atoms with Crippen LogP contribution in [0.3, 0.4) is 0 Å². The Bertz CT molecular complexity index is 293.